The second kappa shape index (κ2) is 8.14. The first-order chi connectivity index (χ1) is 15.8. The van der Waals surface area contributed by atoms with Gasteiger partial charge in [-0.25, -0.2) is 4.79 Å². The second-order valence-electron chi connectivity index (χ2n) is 5.01. The van der Waals surface area contributed by atoms with Crippen molar-refractivity contribution >= 4 is 11.9 Å². The maximum atomic E-state index is 13.3. The van der Waals surface area contributed by atoms with E-state index in [2.05, 4.69) is 0 Å². The zero-order chi connectivity index (χ0) is 28.6. The molecule has 0 saturated heterocycles. The fourth-order valence-corrected chi connectivity index (χ4v) is 1.74. The van der Waals surface area contributed by atoms with Crippen LogP contribution in [0, 0.1) is 17.7 Å². The number of benzene rings is 1. The quantitative estimate of drug-likeness (QED) is 0.841. The first-order valence-electron chi connectivity index (χ1n) is 13.4. The van der Waals surface area contributed by atoms with Crippen LogP contribution in [-0.4, -0.2) is 23.0 Å². The number of carbonyl (C=O) groups excluding carboxylic acids is 1. The number of carbonyl (C=O) groups is 2. The summed E-state index contributed by atoms with van der Waals surface area (Å²) in [6, 6.07) is 4.12. The van der Waals surface area contributed by atoms with E-state index in [1.807, 2.05) is 0 Å². The number of amides is 1. The first kappa shape index (κ1) is 6.96. The van der Waals surface area contributed by atoms with Gasteiger partial charge in [0.15, 0.2) is 0 Å². The van der Waals surface area contributed by atoms with Crippen molar-refractivity contribution in [1.82, 2.24) is 5.32 Å². The normalized spacial score (nSPS) is 47.1. The van der Waals surface area contributed by atoms with E-state index in [-0.39, 0.29) is 5.56 Å². The summed E-state index contributed by atoms with van der Waals surface area (Å²) >= 11 is 0. The fourth-order valence-electron chi connectivity index (χ4n) is 1.74. The van der Waals surface area contributed by atoms with Crippen LogP contribution in [0.4, 0.5) is 0 Å². The Balaban J connectivity index is 2.77. The van der Waals surface area contributed by atoms with Crippen molar-refractivity contribution in [3.05, 3.63) is 35.9 Å². The number of aliphatic carboxylic acids is 1. The molecule has 1 fully saturated rings. The predicted molar refractivity (Wildman–Crippen MR) is 90.0 cm³/mol. The number of carboxylic acids is 1. The molecule has 23 heavy (non-hydrogen) atoms. The van der Waals surface area contributed by atoms with Gasteiger partial charge in [0.1, 0.15) is 6.04 Å². The van der Waals surface area contributed by atoms with Crippen molar-refractivity contribution in [1.29, 1.82) is 0 Å². The molecule has 1 aliphatic carbocycles. The van der Waals surface area contributed by atoms with Gasteiger partial charge in [-0.3, -0.25) is 4.79 Å². The smallest absolute Gasteiger partial charge is 0.326 e. The van der Waals surface area contributed by atoms with Crippen molar-refractivity contribution < 1.29 is 32.5 Å². The molecule has 0 bridgehead atoms. The summed E-state index contributed by atoms with van der Waals surface area (Å²) < 4.78 is 108. The van der Waals surface area contributed by atoms with Crippen molar-refractivity contribution in [2.75, 3.05) is 0 Å². The Morgan fingerprint density at radius 1 is 1.35 bits per heavy atom. The van der Waals surface area contributed by atoms with Gasteiger partial charge in [-0.05, 0) is 42.8 Å². The molecule has 2 rings (SSSR count). The number of nitrogens with one attached hydrogen (secondary N) is 1. The Morgan fingerprint density at radius 3 is 2.48 bits per heavy atom. The van der Waals surface area contributed by atoms with Gasteiger partial charge < -0.3 is 10.4 Å². The Bertz CT molecular complexity index is 1010. The Labute approximate surface area is 156 Å². The third-order valence-corrected chi connectivity index (χ3v) is 2.96. The van der Waals surface area contributed by atoms with Crippen LogP contribution in [0.1, 0.15) is 62.7 Å². The van der Waals surface area contributed by atoms with Crippen molar-refractivity contribution in [3.8, 4) is 0 Å². The van der Waals surface area contributed by atoms with Gasteiger partial charge in [-0.2, -0.15) is 0 Å². The van der Waals surface area contributed by atoms with E-state index < -0.39 is 67.5 Å². The molecule has 0 radical (unpaired) electrons. The molecule has 126 valence electrons. The van der Waals surface area contributed by atoms with Crippen molar-refractivity contribution in [3.63, 3.8) is 0 Å². The molecule has 0 aromatic heterocycles. The minimum Gasteiger partial charge on any atom is -0.480 e. The van der Waals surface area contributed by atoms with Gasteiger partial charge in [0.05, 0.1) is 0 Å². The summed E-state index contributed by atoms with van der Waals surface area (Å²) in [5, 5.41) is 11.2. The average molecular weight is 331 g/mol. The Morgan fingerprint density at radius 2 is 1.96 bits per heavy atom. The number of hydrogen-bond donors (Lipinski definition) is 2. The molecule has 0 aliphatic heterocycles. The summed E-state index contributed by atoms with van der Waals surface area (Å²) in [6.45, 7) is 1.74. The van der Waals surface area contributed by atoms with Gasteiger partial charge in [0.25, 0.3) is 0 Å². The maximum Gasteiger partial charge on any atom is 0.326 e. The standard InChI is InChI=1S/C19H27NO3/c1-13(2)15-8-10-16(11-9-15)18(21)20-17(19(22)23)12-14-6-4-3-5-7-14/h3-7,13,15-17H,8-12H2,1-2H3,(H,20,21)(H,22,23)/t15-,16-,17-/m1/s1/i8D2,9D2,10D2,11D2,12D2,13D,15D,16D. The van der Waals surface area contributed by atoms with Gasteiger partial charge in [-0.1, -0.05) is 44.2 Å². The van der Waals surface area contributed by atoms with Gasteiger partial charge in [0.2, 0.25) is 5.91 Å². The highest BCUT2D eigenvalue weighted by Gasteiger charge is 2.30. The summed E-state index contributed by atoms with van der Waals surface area (Å²) in [5.74, 6) is -14.2. The summed E-state index contributed by atoms with van der Waals surface area (Å²) in [7, 11) is 0. The molecular formula is C19H27NO3. The van der Waals surface area contributed by atoms with E-state index in [1.165, 1.54) is 30.3 Å². The summed E-state index contributed by atoms with van der Waals surface area (Å²) in [6.07, 6.45) is -18.6. The lowest BCUT2D eigenvalue weighted by molar-refractivity contribution is -0.142. The van der Waals surface area contributed by atoms with E-state index in [0.29, 0.717) is 0 Å². The lowest BCUT2D eigenvalue weighted by Crippen LogP contribution is -2.45. The van der Waals surface area contributed by atoms with E-state index in [4.69, 9.17) is 17.8 Å². The van der Waals surface area contributed by atoms with Crippen LogP contribution in [0.25, 0.3) is 0 Å². The highest BCUT2D eigenvalue weighted by Crippen LogP contribution is 2.33. The van der Waals surface area contributed by atoms with E-state index in [1.54, 1.807) is 5.32 Å². The lowest BCUT2D eigenvalue weighted by atomic mass is 9.76. The molecule has 1 aliphatic rings. The lowest BCUT2D eigenvalue weighted by Gasteiger charge is -2.30. The molecule has 1 saturated carbocycles. The molecule has 4 nitrogen and oxygen atoms in total. The van der Waals surface area contributed by atoms with Crippen LogP contribution in [0.3, 0.4) is 0 Å². The van der Waals surface area contributed by atoms with E-state index >= 15 is 0 Å². The second-order valence-corrected chi connectivity index (χ2v) is 5.01. The molecule has 2 N–H and O–H groups in total. The summed E-state index contributed by atoms with van der Waals surface area (Å²) in [5.41, 5.74) is -0.238. The maximum absolute atomic E-state index is 13.3. The molecular weight excluding hydrogens is 290 g/mol. The highest BCUT2D eigenvalue weighted by molar-refractivity contribution is 5.85. The monoisotopic (exact) mass is 330 g/mol. The van der Waals surface area contributed by atoms with Gasteiger partial charge in [-0.15, -0.1) is 0 Å². The Hall–Kier alpha value is -1.84. The first-order valence-corrected chi connectivity index (χ1v) is 6.91. The third-order valence-electron chi connectivity index (χ3n) is 2.96. The average Bonchev–Trinajstić information content (AvgIpc) is 2.73. The van der Waals surface area contributed by atoms with Gasteiger partial charge >= 0.3 is 5.97 Å². The van der Waals surface area contributed by atoms with Crippen LogP contribution in [0.5, 0.6) is 0 Å². The van der Waals surface area contributed by atoms with E-state index in [9.17, 15) is 14.7 Å². The minimum atomic E-state index is -4.07. The molecule has 4 heteroatoms. The number of carboxylic acid groups (broad SMARTS) is 1. The molecule has 1 amide bonds. The van der Waals surface area contributed by atoms with Gasteiger partial charge in [0, 0.05) is 30.1 Å². The van der Waals surface area contributed by atoms with Crippen molar-refractivity contribution in [2.45, 2.75) is 51.8 Å². The van der Waals surface area contributed by atoms with Crippen LogP contribution < -0.4 is 5.32 Å². The zero-order valence-electron chi connectivity index (χ0n) is 25.7. The summed E-state index contributed by atoms with van der Waals surface area (Å²) in [4.78, 5) is 25.3. The molecule has 1 aromatic rings. The molecule has 1 aromatic carbocycles. The van der Waals surface area contributed by atoms with Crippen LogP contribution >= 0.6 is 0 Å². The minimum absolute atomic E-state index is 0.238. The molecule has 0 heterocycles. The SMILES string of the molecule is [2H]C([2H])(c1ccccc1)[C@@H](NC(=O)[C@]1([2H])C([2H])([2H])C([2H])([2H])[C@@]([2H])(C([2H])(C)C)C([2H])([2H])C1([2H])[2H])C(=O)O. The Kier molecular flexibility index (Phi) is 2.46. The third kappa shape index (κ3) is 5.08. The van der Waals surface area contributed by atoms with Crippen LogP contribution in [0.2, 0.25) is 0 Å². The molecule has 1 atom stereocenters. The van der Waals surface area contributed by atoms with Crippen LogP contribution in [-0.2, 0) is 16.0 Å². The number of hydrogen-bond acceptors (Lipinski definition) is 2. The molecule has 0 unspecified atom stereocenters. The molecule has 0 spiro atoms. The highest BCUT2D eigenvalue weighted by atomic mass is 16.4. The zero-order valence-corrected chi connectivity index (χ0v) is 12.7. The topological polar surface area (TPSA) is 66.4 Å². The van der Waals surface area contributed by atoms with E-state index in [0.717, 1.165) is 13.8 Å². The van der Waals surface area contributed by atoms with Crippen LogP contribution in [0.15, 0.2) is 30.3 Å². The van der Waals surface area contributed by atoms with Crippen molar-refractivity contribution in [2.24, 2.45) is 17.7 Å². The largest absolute Gasteiger partial charge is 0.480 e. The fraction of sp³-hybridized carbons (Fsp3) is 0.579. The predicted octanol–water partition coefficient (Wildman–Crippen LogP) is 3.26. The number of rotatable bonds is 6.